The molecule has 0 saturated carbocycles. The average molecular weight is 314 g/mol. The van der Waals surface area contributed by atoms with Gasteiger partial charge in [0, 0.05) is 16.8 Å². The number of carbonyl (C=O) groups is 1. The molecule has 0 spiro atoms. The summed E-state index contributed by atoms with van der Waals surface area (Å²) in [6, 6.07) is 13.6. The molecule has 2 aromatic rings. The third-order valence-electron chi connectivity index (χ3n) is 3.48. The summed E-state index contributed by atoms with van der Waals surface area (Å²) in [5.41, 5.74) is 4.01. The summed E-state index contributed by atoms with van der Waals surface area (Å²) in [4.78, 5) is 12.0. The molecule has 22 heavy (non-hydrogen) atoms. The van der Waals surface area contributed by atoms with Gasteiger partial charge in [-0.3, -0.25) is 4.79 Å². The Balaban J connectivity index is 2.01. The van der Waals surface area contributed by atoms with Crippen LogP contribution in [0.1, 0.15) is 36.5 Å². The predicted molar refractivity (Wildman–Crippen MR) is 94.4 cm³/mol. The Morgan fingerprint density at radius 1 is 1.14 bits per heavy atom. The SMILES string of the molecule is Cc1cc(Cl)ccc1NC(=O)/C=C/c1ccc(C(C)C)cc1. The van der Waals surface area contributed by atoms with E-state index in [-0.39, 0.29) is 5.91 Å². The van der Waals surface area contributed by atoms with E-state index >= 15 is 0 Å². The van der Waals surface area contributed by atoms with E-state index in [1.54, 1.807) is 18.2 Å². The summed E-state index contributed by atoms with van der Waals surface area (Å²) < 4.78 is 0. The molecule has 0 fully saturated rings. The molecule has 0 unspecified atom stereocenters. The van der Waals surface area contributed by atoms with Crippen molar-refractivity contribution in [2.75, 3.05) is 5.32 Å². The summed E-state index contributed by atoms with van der Waals surface area (Å²) in [6.07, 6.45) is 3.35. The van der Waals surface area contributed by atoms with Gasteiger partial charge in [-0.25, -0.2) is 0 Å². The minimum atomic E-state index is -0.154. The molecule has 2 aromatic carbocycles. The van der Waals surface area contributed by atoms with Crippen LogP contribution in [0.3, 0.4) is 0 Å². The van der Waals surface area contributed by atoms with Crippen LogP contribution in [0.25, 0.3) is 6.08 Å². The van der Waals surface area contributed by atoms with E-state index in [1.807, 2.05) is 31.2 Å². The standard InChI is InChI=1S/C19H20ClNO/c1-13(2)16-7-4-15(5-8-16)6-11-19(22)21-18-10-9-17(20)12-14(18)3/h4-13H,1-3H3,(H,21,22)/b11-6+. The first kappa shape index (κ1) is 16.3. The zero-order valence-electron chi connectivity index (χ0n) is 13.1. The lowest BCUT2D eigenvalue weighted by Gasteiger charge is -2.06. The zero-order valence-corrected chi connectivity index (χ0v) is 13.8. The number of anilines is 1. The molecule has 0 saturated heterocycles. The first-order valence-electron chi connectivity index (χ1n) is 7.31. The van der Waals surface area contributed by atoms with Crippen molar-refractivity contribution in [1.29, 1.82) is 0 Å². The monoisotopic (exact) mass is 313 g/mol. The maximum absolute atomic E-state index is 12.0. The van der Waals surface area contributed by atoms with Crippen LogP contribution in [-0.4, -0.2) is 5.91 Å². The third-order valence-corrected chi connectivity index (χ3v) is 3.71. The molecule has 0 aliphatic heterocycles. The highest BCUT2D eigenvalue weighted by molar-refractivity contribution is 6.30. The fourth-order valence-corrected chi connectivity index (χ4v) is 2.33. The zero-order chi connectivity index (χ0) is 16.1. The van der Waals surface area contributed by atoms with Crippen LogP contribution < -0.4 is 5.32 Å². The smallest absolute Gasteiger partial charge is 0.248 e. The van der Waals surface area contributed by atoms with Gasteiger partial charge in [0.1, 0.15) is 0 Å². The van der Waals surface area contributed by atoms with Gasteiger partial charge in [-0.15, -0.1) is 0 Å². The average Bonchev–Trinajstić information content (AvgIpc) is 2.48. The highest BCUT2D eigenvalue weighted by atomic mass is 35.5. The summed E-state index contributed by atoms with van der Waals surface area (Å²) in [5, 5.41) is 3.52. The molecule has 0 bridgehead atoms. The summed E-state index contributed by atoms with van der Waals surface area (Å²) in [6.45, 7) is 6.23. The fourth-order valence-electron chi connectivity index (χ4n) is 2.11. The Bertz CT molecular complexity index is 687. The molecule has 0 aromatic heterocycles. The second-order valence-corrected chi connectivity index (χ2v) is 6.04. The van der Waals surface area contributed by atoms with Crippen molar-refractivity contribution < 1.29 is 4.79 Å². The van der Waals surface area contributed by atoms with Gasteiger partial charge in [0.05, 0.1) is 0 Å². The molecular formula is C19H20ClNO. The first-order chi connectivity index (χ1) is 10.5. The molecule has 3 heteroatoms. The van der Waals surface area contributed by atoms with Crippen LogP contribution in [0.15, 0.2) is 48.5 Å². The van der Waals surface area contributed by atoms with E-state index in [1.165, 1.54) is 5.56 Å². The van der Waals surface area contributed by atoms with Crippen LogP contribution in [0, 0.1) is 6.92 Å². The molecule has 1 amide bonds. The van der Waals surface area contributed by atoms with Gasteiger partial charge < -0.3 is 5.32 Å². The minimum absolute atomic E-state index is 0.154. The van der Waals surface area contributed by atoms with E-state index in [4.69, 9.17) is 11.6 Å². The van der Waals surface area contributed by atoms with E-state index in [2.05, 4.69) is 31.3 Å². The second kappa shape index (κ2) is 7.28. The predicted octanol–water partition coefficient (Wildman–Crippen LogP) is 5.42. The molecule has 114 valence electrons. The highest BCUT2D eigenvalue weighted by Crippen LogP contribution is 2.19. The lowest BCUT2D eigenvalue weighted by Crippen LogP contribution is -2.08. The van der Waals surface area contributed by atoms with Crippen LogP contribution in [0.4, 0.5) is 5.69 Å². The largest absolute Gasteiger partial charge is 0.322 e. The maximum atomic E-state index is 12.0. The number of carbonyl (C=O) groups excluding carboxylic acids is 1. The maximum Gasteiger partial charge on any atom is 0.248 e. The van der Waals surface area contributed by atoms with Crippen molar-refractivity contribution in [3.63, 3.8) is 0 Å². The third kappa shape index (κ3) is 4.47. The molecular weight excluding hydrogens is 294 g/mol. The molecule has 0 radical (unpaired) electrons. The number of nitrogens with one attached hydrogen (secondary N) is 1. The molecule has 2 nitrogen and oxygen atoms in total. The van der Waals surface area contributed by atoms with E-state index < -0.39 is 0 Å². The number of amides is 1. The van der Waals surface area contributed by atoms with Crippen molar-refractivity contribution in [3.8, 4) is 0 Å². The quantitative estimate of drug-likeness (QED) is 0.750. The lowest BCUT2D eigenvalue weighted by molar-refractivity contribution is -0.111. The van der Waals surface area contributed by atoms with Gasteiger partial charge in [0.15, 0.2) is 0 Å². The van der Waals surface area contributed by atoms with Gasteiger partial charge in [0.25, 0.3) is 0 Å². The van der Waals surface area contributed by atoms with Crippen LogP contribution >= 0.6 is 11.6 Å². The number of hydrogen-bond donors (Lipinski definition) is 1. The first-order valence-corrected chi connectivity index (χ1v) is 7.68. The van der Waals surface area contributed by atoms with Crippen LogP contribution in [0.5, 0.6) is 0 Å². The summed E-state index contributed by atoms with van der Waals surface area (Å²) in [7, 11) is 0. The number of benzene rings is 2. The number of rotatable bonds is 4. The number of hydrogen-bond acceptors (Lipinski definition) is 1. The van der Waals surface area contributed by atoms with Gasteiger partial charge in [-0.2, -0.15) is 0 Å². The Kier molecular flexibility index (Phi) is 5.40. The van der Waals surface area contributed by atoms with Crippen molar-refractivity contribution in [1.82, 2.24) is 0 Å². The summed E-state index contributed by atoms with van der Waals surface area (Å²) in [5.74, 6) is 0.354. The van der Waals surface area contributed by atoms with Gasteiger partial charge in [-0.05, 0) is 53.8 Å². The van der Waals surface area contributed by atoms with Crippen molar-refractivity contribution >= 4 is 29.3 Å². The fraction of sp³-hybridized carbons (Fsp3) is 0.211. The summed E-state index contributed by atoms with van der Waals surface area (Å²) >= 11 is 5.90. The Morgan fingerprint density at radius 2 is 1.82 bits per heavy atom. The van der Waals surface area contributed by atoms with Gasteiger partial charge >= 0.3 is 0 Å². The normalized spacial score (nSPS) is 11.1. The van der Waals surface area contributed by atoms with Crippen LogP contribution in [-0.2, 0) is 4.79 Å². The van der Waals surface area contributed by atoms with E-state index in [9.17, 15) is 4.79 Å². The molecule has 0 aliphatic carbocycles. The van der Waals surface area contributed by atoms with Crippen molar-refractivity contribution in [2.45, 2.75) is 26.7 Å². The Labute approximate surface area is 136 Å². The number of halogens is 1. The topological polar surface area (TPSA) is 29.1 Å². The second-order valence-electron chi connectivity index (χ2n) is 5.60. The molecule has 0 aliphatic rings. The van der Waals surface area contributed by atoms with Gasteiger partial charge in [-0.1, -0.05) is 49.7 Å². The van der Waals surface area contributed by atoms with Gasteiger partial charge in [0.2, 0.25) is 5.91 Å². The molecule has 1 N–H and O–H groups in total. The number of aryl methyl sites for hydroxylation is 1. The van der Waals surface area contributed by atoms with Crippen molar-refractivity contribution in [2.24, 2.45) is 0 Å². The molecule has 0 heterocycles. The van der Waals surface area contributed by atoms with Crippen molar-refractivity contribution in [3.05, 3.63) is 70.3 Å². The van der Waals surface area contributed by atoms with E-state index in [0.29, 0.717) is 10.9 Å². The van der Waals surface area contributed by atoms with Crippen LogP contribution in [0.2, 0.25) is 5.02 Å². The minimum Gasteiger partial charge on any atom is -0.322 e. The Hall–Kier alpha value is -2.06. The lowest BCUT2D eigenvalue weighted by atomic mass is 10.0. The molecule has 0 atom stereocenters. The molecule has 2 rings (SSSR count). The Morgan fingerprint density at radius 3 is 2.41 bits per heavy atom. The van der Waals surface area contributed by atoms with E-state index in [0.717, 1.165) is 16.8 Å². The highest BCUT2D eigenvalue weighted by Gasteiger charge is 2.02.